The van der Waals surface area contributed by atoms with Crippen LogP contribution in [0.15, 0.2) is 40.9 Å². The van der Waals surface area contributed by atoms with Crippen molar-refractivity contribution in [1.82, 2.24) is 5.32 Å². The average Bonchev–Trinajstić information content (AvgIpc) is 3.37. The number of rotatable bonds is 7. The first-order chi connectivity index (χ1) is 11.2. The van der Waals surface area contributed by atoms with Crippen LogP contribution in [0.1, 0.15) is 24.0 Å². The molecular weight excluding hydrogens is 378 g/mol. The number of nitrogens with one attached hydrogen (secondary N) is 1. The maximum absolute atomic E-state index is 6.17. The zero-order valence-corrected chi connectivity index (χ0v) is 15.3. The van der Waals surface area contributed by atoms with Crippen LogP contribution in [-0.2, 0) is 13.2 Å². The summed E-state index contributed by atoms with van der Waals surface area (Å²) >= 11 is 9.79. The van der Waals surface area contributed by atoms with Crippen LogP contribution in [0.3, 0.4) is 0 Å². The summed E-state index contributed by atoms with van der Waals surface area (Å²) in [5.41, 5.74) is 2.12. The van der Waals surface area contributed by atoms with Gasteiger partial charge in [-0.3, -0.25) is 0 Å². The van der Waals surface area contributed by atoms with Crippen molar-refractivity contribution in [3.63, 3.8) is 0 Å². The van der Waals surface area contributed by atoms with Gasteiger partial charge in [-0.05, 0) is 36.6 Å². The van der Waals surface area contributed by atoms with Crippen molar-refractivity contribution >= 4 is 27.5 Å². The van der Waals surface area contributed by atoms with Crippen LogP contribution in [0, 0.1) is 0 Å². The zero-order chi connectivity index (χ0) is 16.2. The molecule has 3 nitrogen and oxygen atoms in total. The van der Waals surface area contributed by atoms with Crippen LogP contribution in [0.25, 0.3) is 0 Å². The SMILES string of the molecule is COc1cc(CNC2CC2)c(Br)cc1OCc1ccccc1Cl. The van der Waals surface area contributed by atoms with Gasteiger partial charge in [0, 0.05) is 27.6 Å². The van der Waals surface area contributed by atoms with Crippen LogP contribution in [0.2, 0.25) is 5.02 Å². The van der Waals surface area contributed by atoms with Gasteiger partial charge in [-0.15, -0.1) is 0 Å². The van der Waals surface area contributed by atoms with E-state index in [0.717, 1.165) is 22.3 Å². The van der Waals surface area contributed by atoms with Crippen LogP contribution in [0.4, 0.5) is 0 Å². The van der Waals surface area contributed by atoms with Crippen LogP contribution in [-0.4, -0.2) is 13.2 Å². The summed E-state index contributed by atoms with van der Waals surface area (Å²) in [7, 11) is 1.66. The number of methoxy groups -OCH3 is 1. The summed E-state index contributed by atoms with van der Waals surface area (Å²) in [5, 5.41) is 4.21. The molecular formula is C18H19BrClNO2. The number of hydrogen-bond acceptors (Lipinski definition) is 3. The predicted molar refractivity (Wildman–Crippen MR) is 96.3 cm³/mol. The second kappa shape index (κ2) is 7.56. The van der Waals surface area contributed by atoms with E-state index in [1.165, 1.54) is 18.4 Å². The average molecular weight is 397 g/mol. The van der Waals surface area contributed by atoms with E-state index in [1.54, 1.807) is 7.11 Å². The Morgan fingerprint density at radius 2 is 1.96 bits per heavy atom. The Labute approximate surface area is 150 Å². The van der Waals surface area contributed by atoms with Gasteiger partial charge in [0.1, 0.15) is 6.61 Å². The Morgan fingerprint density at radius 1 is 1.17 bits per heavy atom. The maximum atomic E-state index is 6.17. The van der Waals surface area contributed by atoms with Gasteiger partial charge in [0.25, 0.3) is 0 Å². The van der Waals surface area contributed by atoms with E-state index in [0.29, 0.717) is 23.4 Å². The van der Waals surface area contributed by atoms with Gasteiger partial charge >= 0.3 is 0 Å². The topological polar surface area (TPSA) is 30.5 Å². The Kier molecular flexibility index (Phi) is 5.46. The van der Waals surface area contributed by atoms with Crippen molar-refractivity contribution in [2.45, 2.75) is 32.0 Å². The van der Waals surface area contributed by atoms with Crippen molar-refractivity contribution in [2.75, 3.05) is 7.11 Å². The molecule has 1 N–H and O–H groups in total. The summed E-state index contributed by atoms with van der Waals surface area (Å²) in [4.78, 5) is 0. The van der Waals surface area contributed by atoms with Gasteiger partial charge in [-0.1, -0.05) is 45.7 Å². The van der Waals surface area contributed by atoms with Gasteiger partial charge in [0.15, 0.2) is 11.5 Å². The fourth-order valence-corrected chi connectivity index (χ4v) is 2.95. The first kappa shape index (κ1) is 16.6. The molecule has 0 atom stereocenters. The van der Waals surface area contributed by atoms with Crippen molar-refractivity contribution in [3.05, 3.63) is 57.0 Å². The van der Waals surface area contributed by atoms with Crippen molar-refractivity contribution in [3.8, 4) is 11.5 Å². The largest absolute Gasteiger partial charge is 0.493 e. The normalized spacial score (nSPS) is 13.9. The summed E-state index contributed by atoms with van der Waals surface area (Å²) in [5.74, 6) is 1.43. The summed E-state index contributed by atoms with van der Waals surface area (Å²) < 4.78 is 12.4. The van der Waals surface area contributed by atoms with E-state index in [4.69, 9.17) is 21.1 Å². The highest BCUT2D eigenvalue weighted by molar-refractivity contribution is 9.10. The van der Waals surface area contributed by atoms with Gasteiger partial charge < -0.3 is 14.8 Å². The molecule has 2 aromatic carbocycles. The first-order valence-electron chi connectivity index (χ1n) is 7.63. The van der Waals surface area contributed by atoms with Gasteiger partial charge in [0.05, 0.1) is 7.11 Å². The highest BCUT2D eigenvalue weighted by Gasteiger charge is 2.21. The molecule has 0 heterocycles. The molecule has 23 heavy (non-hydrogen) atoms. The van der Waals surface area contributed by atoms with E-state index in [2.05, 4.69) is 21.2 Å². The Morgan fingerprint density at radius 3 is 2.65 bits per heavy atom. The lowest BCUT2D eigenvalue weighted by molar-refractivity contribution is 0.284. The molecule has 122 valence electrons. The van der Waals surface area contributed by atoms with E-state index in [9.17, 15) is 0 Å². The fraction of sp³-hybridized carbons (Fsp3) is 0.333. The lowest BCUT2D eigenvalue weighted by Gasteiger charge is -2.15. The molecule has 0 aromatic heterocycles. The third kappa shape index (κ3) is 4.40. The minimum atomic E-state index is 0.405. The second-order valence-corrected chi connectivity index (χ2v) is 6.89. The lowest BCUT2D eigenvalue weighted by atomic mass is 10.2. The Bertz CT molecular complexity index is 689. The smallest absolute Gasteiger partial charge is 0.162 e. The second-order valence-electron chi connectivity index (χ2n) is 5.63. The number of ether oxygens (including phenoxy) is 2. The molecule has 3 rings (SSSR count). The minimum absolute atomic E-state index is 0.405. The molecule has 0 radical (unpaired) electrons. The van der Waals surface area contributed by atoms with Crippen molar-refractivity contribution in [1.29, 1.82) is 0 Å². The minimum Gasteiger partial charge on any atom is -0.493 e. The molecule has 1 aliphatic rings. The van der Waals surface area contributed by atoms with E-state index in [-0.39, 0.29) is 0 Å². The molecule has 0 aliphatic heterocycles. The van der Waals surface area contributed by atoms with Crippen LogP contribution >= 0.6 is 27.5 Å². The summed E-state index contributed by atoms with van der Waals surface area (Å²) in [6.07, 6.45) is 2.54. The van der Waals surface area contributed by atoms with E-state index in [1.807, 2.05) is 36.4 Å². The molecule has 1 aliphatic carbocycles. The summed E-state index contributed by atoms with van der Waals surface area (Å²) in [6.45, 7) is 1.23. The molecule has 0 amide bonds. The highest BCUT2D eigenvalue weighted by Crippen LogP contribution is 2.35. The number of benzene rings is 2. The number of halogens is 2. The molecule has 1 fully saturated rings. The first-order valence-corrected chi connectivity index (χ1v) is 8.80. The number of hydrogen-bond donors (Lipinski definition) is 1. The van der Waals surface area contributed by atoms with E-state index >= 15 is 0 Å². The Hall–Kier alpha value is -1.23. The third-order valence-electron chi connectivity index (χ3n) is 3.83. The maximum Gasteiger partial charge on any atom is 0.162 e. The molecule has 1 saturated carbocycles. The third-order valence-corrected chi connectivity index (χ3v) is 4.94. The molecule has 0 unspecified atom stereocenters. The van der Waals surface area contributed by atoms with Gasteiger partial charge in [-0.2, -0.15) is 0 Å². The Balaban J connectivity index is 1.72. The zero-order valence-electron chi connectivity index (χ0n) is 12.9. The molecule has 0 spiro atoms. The molecule has 5 heteroatoms. The molecule has 0 saturated heterocycles. The monoisotopic (exact) mass is 395 g/mol. The predicted octanol–water partition coefficient (Wildman–Crippen LogP) is 4.94. The highest BCUT2D eigenvalue weighted by atomic mass is 79.9. The van der Waals surface area contributed by atoms with Gasteiger partial charge in [0.2, 0.25) is 0 Å². The van der Waals surface area contributed by atoms with Crippen LogP contribution in [0.5, 0.6) is 11.5 Å². The summed E-state index contributed by atoms with van der Waals surface area (Å²) in [6, 6.07) is 12.3. The molecule has 0 bridgehead atoms. The van der Waals surface area contributed by atoms with Crippen molar-refractivity contribution in [2.24, 2.45) is 0 Å². The lowest BCUT2D eigenvalue weighted by Crippen LogP contribution is -2.15. The quantitative estimate of drug-likeness (QED) is 0.719. The van der Waals surface area contributed by atoms with Crippen molar-refractivity contribution < 1.29 is 9.47 Å². The van der Waals surface area contributed by atoms with E-state index < -0.39 is 0 Å². The van der Waals surface area contributed by atoms with Gasteiger partial charge in [-0.25, -0.2) is 0 Å². The fourth-order valence-electron chi connectivity index (χ4n) is 2.30. The molecule has 2 aromatic rings. The standard InChI is InChI=1S/C18H19BrClNO2/c1-22-17-8-13(10-21-14-6-7-14)15(19)9-18(17)23-11-12-4-2-3-5-16(12)20/h2-5,8-9,14,21H,6-7,10-11H2,1H3. The van der Waals surface area contributed by atoms with Crippen LogP contribution < -0.4 is 14.8 Å².